The maximum Gasteiger partial charge on any atom is 0.241 e. The molecule has 144 valence electrons. The highest BCUT2D eigenvalue weighted by Crippen LogP contribution is 2.37. The standard InChI is InChI=1S/C15H26ClFN4O3S/c1-21-7-13(18-8-21)9-5-11(14(17)12(16)6-9)15(22)19-20-25(23,24)10-3-2-4-10/h9-14,18,20H,2-8H2,1H3,(H,19,22). The van der Waals surface area contributed by atoms with E-state index in [1.807, 2.05) is 7.05 Å². The lowest BCUT2D eigenvalue weighted by molar-refractivity contribution is -0.129. The van der Waals surface area contributed by atoms with E-state index in [0.29, 0.717) is 25.7 Å². The minimum absolute atomic E-state index is 0.0819. The van der Waals surface area contributed by atoms with E-state index in [2.05, 4.69) is 20.5 Å². The average Bonchev–Trinajstić information content (AvgIpc) is 2.92. The first-order valence-corrected chi connectivity index (χ1v) is 10.8. The topological polar surface area (TPSA) is 90.5 Å². The largest absolute Gasteiger partial charge is 0.300 e. The quantitative estimate of drug-likeness (QED) is 0.460. The van der Waals surface area contributed by atoms with Crippen LogP contribution in [0.15, 0.2) is 0 Å². The van der Waals surface area contributed by atoms with Gasteiger partial charge in [0, 0.05) is 19.3 Å². The number of nitrogens with one attached hydrogen (secondary N) is 3. The Kier molecular flexibility index (Phi) is 5.89. The fourth-order valence-corrected chi connectivity index (χ4v) is 5.60. The number of carbonyl (C=O) groups is 1. The van der Waals surface area contributed by atoms with Gasteiger partial charge < -0.3 is 0 Å². The Bertz CT molecular complexity index is 604. The average molecular weight is 397 g/mol. The molecule has 25 heavy (non-hydrogen) atoms. The molecule has 0 aromatic heterocycles. The summed E-state index contributed by atoms with van der Waals surface area (Å²) >= 11 is 6.15. The molecule has 3 rings (SSSR count). The number of halogens is 2. The van der Waals surface area contributed by atoms with Crippen molar-refractivity contribution in [3.05, 3.63) is 0 Å². The molecule has 0 spiro atoms. The molecule has 1 heterocycles. The van der Waals surface area contributed by atoms with E-state index in [0.717, 1.165) is 19.6 Å². The normalized spacial score (nSPS) is 37.6. The van der Waals surface area contributed by atoms with Crippen LogP contribution in [0.1, 0.15) is 32.1 Å². The number of hydrazine groups is 1. The van der Waals surface area contributed by atoms with Crippen LogP contribution in [-0.2, 0) is 14.8 Å². The van der Waals surface area contributed by atoms with E-state index in [1.165, 1.54) is 0 Å². The fraction of sp³-hybridized carbons (Fsp3) is 0.933. The third-order valence-electron chi connectivity index (χ3n) is 5.66. The van der Waals surface area contributed by atoms with Gasteiger partial charge in [-0.2, -0.15) is 0 Å². The maximum absolute atomic E-state index is 14.5. The highest BCUT2D eigenvalue weighted by Gasteiger charge is 2.44. The second-order valence-electron chi connectivity index (χ2n) is 7.49. The van der Waals surface area contributed by atoms with E-state index in [-0.39, 0.29) is 12.0 Å². The summed E-state index contributed by atoms with van der Waals surface area (Å²) in [6, 6.07) is 0.167. The van der Waals surface area contributed by atoms with Crippen LogP contribution in [0, 0.1) is 11.8 Å². The van der Waals surface area contributed by atoms with Gasteiger partial charge in [-0.05, 0) is 38.6 Å². The van der Waals surface area contributed by atoms with Crippen molar-refractivity contribution in [2.24, 2.45) is 11.8 Å². The summed E-state index contributed by atoms with van der Waals surface area (Å²) in [5.74, 6) is -1.51. The molecule has 7 nitrogen and oxygen atoms in total. The molecule has 0 aromatic rings. The molecule has 1 saturated heterocycles. The van der Waals surface area contributed by atoms with Crippen LogP contribution in [0.5, 0.6) is 0 Å². The van der Waals surface area contributed by atoms with Crippen molar-refractivity contribution in [3.63, 3.8) is 0 Å². The van der Waals surface area contributed by atoms with Gasteiger partial charge in [-0.1, -0.05) is 6.42 Å². The van der Waals surface area contributed by atoms with Crippen molar-refractivity contribution in [1.82, 2.24) is 20.5 Å². The molecule has 0 radical (unpaired) electrons. The minimum Gasteiger partial charge on any atom is -0.300 e. The summed E-state index contributed by atoms with van der Waals surface area (Å²) in [5.41, 5.74) is 2.21. The zero-order valence-electron chi connectivity index (χ0n) is 14.2. The van der Waals surface area contributed by atoms with Crippen LogP contribution in [-0.4, -0.2) is 62.3 Å². The fourth-order valence-electron chi connectivity index (χ4n) is 3.84. The summed E-state index contributed by atoms with van der Waals surface area (Å²) in [6.45, 7) is 1.58. The predicted octanol–water partition coefficient (Wildman–Crippen LogP) is 0.322. The first-order valence-electron chi connectivity index (χ1n) is 8.78. The molecule has 5 atom stereocenters. The number of rotatable bonds is 5. The number of amides is 1. The van der Waals surface area contributed by atoms with Crippen molar-refractivity contribution >= 4 is 27.5 Å². The van der Waals surface area contributed by atoms with Crippen molar-refractivity contribution < 1.29 is 17.6 Å². The number of sulfonamides is 1. The molecule has 5 unspecified atom stereocenters. The summed E-state index contributed by atoms with van der Waals surface area (Å²) in [4.78, 5) is 16.6. The second-order valence-corrected chi connectivity index (χ2v) is 10.0. The van der Waals surface area contributed by atoms with E-state index in [1.54, 1.807) is 0 Å². The molecular weight excluding hydrogens is 371 g/mol. The van der Waals surface area contributed by atoms with Gasteiger partial charge in [0.2, 0.25) is 15.9 Å². The highest BCUT2D eigenvalue weighted by atomic mass is 35.5. The molecule has 1 amide bonds. The number of likely N-dealkylation sites (N-methyl/N-ethyl adjacent to an activating group) is 1. The van der Waals surface area contributed by atoms with Gasteiger partial charge in [0.25, 0.3) is 0 Å². The molecule has 0 bridgehead atoms. The van der Waals surface area contributed by atoms with Gasteiger partial charge in [-0.25, -0.2) is 12.8 Å². The summed E-state index contributed by atoms with van der Waals surface area (Å²) in [6.07, 6.45) is 1.43. The van der Waals surface area contributed by atoms with E-state index in [4.69, 9.17) is 11.6 Å². The third-order valence-corrected chi connectivity index (χ3v) is 7.81. The molecule has 10 heteroatoms. The van der Waals surface area contributed by atoms with Crippen LogP contribution in [0.4, 0.5) is 4.39 Å². The number of hydrogen-bond donors (Lipinski definition) is 3. The van der Waals surface area contributed by atoms with Crippen LogP contribution < -0.4 is 15.6 Å². The van der Waals surface area contributed by atoms with Crippen molar-refractivity contribution in [2.75, 3.05) is 20.3 Å². The van der Waals surface area contributed by atoms with Gasteiger partial charge in [0.15, 0.2) is 0 Å². The molecule has 2 saturated carbocycles. The number of nitrogens with zero attached hydrogens (tertiary/aromatic N) is 1. The monoisotopic (exact) mass is 396 g/mol. The van der Waals surface area contributed by atoms with Crippen molar-refractivity contribution in [2.45, 2.75) is 54.9 Å². The van der Waals surface area contributed by atoms with Crippen molar-refractivity contribution in [3.8, 4) is 0 Å². The molecule has 0 aromatic carbocycles. The lowest BCUT2D eigenvalue weighted by atomic mass is 9.76. The van der Waals surface area contributed by atoms with Gasteiger partial charge in [0.05, 0.1) is 16.5 Å². The Morgan fingerprint density at radius 2 is 2.04 bits per heavy atom. The molecule has 3 fully saturated rings. The van der Waals surface area contributed by atoms with Crippen LogP contribution in [0.3, 0.4) is 0 Å². The maximum atomic E-state index is 14.5. The third kappa shape index (κ3) is 4.27. The molecule has 3 N–H and O–H groups in total. The van der Waals surface area contributed by atoms with Gasteiger partial charge in [-0.15, -0.1) is 16.4 Å². The second kappa shape index (κ2) is 7.64. The minimum atomic E-state index is -3.58. The smallest absolute Gasteiger partial charge is 0.241 e. The summed E-state index contributed by atoms with van der Waals surface area (Å²) < 4.78 is 38.5. The van der Waals surface area contributed by atoms with Gasteiger partial charge in [-0.3, -0.25) is 20.4 Å². The van der Waals surface area contributed by atoms with E-state index in [9.17, 15) is 17.6 Å². The molecule has 2 aliphatic carbocycles. The van der Waals surface area contributed by atoms with Gasteiger partial charge >= 0.3 is 0 Å². The Balaban J connectivity index is 1.59. The lowest BCUT2D eigenvalue weighted by Gasteiger charge is -2.37. The Morgan fingerprint density at radius 3 is 2.60 bits per heavy atom. The Hall–Kier alpha value is -0.480. The van der Waals surface area contributed by atoms with Crippen LogP contribution in [0.25, 0.3) is 0 Å². The molecular formula is C15H26ClFN4O3S. The van der Waals surface area contributed by atoms with Crippen molar-refractivity contribution in [1.29, 1.82) is 0 Å². The lowest BCUT2D eigenvalue weighted by Crippen LogP contribution is -2.53. The van der Waals surface area contributed by atoms with Crippen LogP contribution >= 0.6 is 11.6 Å². The summed E-state index contributed by atoms with van der Waals surface area (Å²) in [5, 5.41) is 2.15. The molecule has 1 aliphatic heterocycles. The number of hydrogen-bond acceptors (Lipinski definition) is 5. The predicted molar refractivity (Wildman–Crippen MR) is 93.0 cm³/mol. The Morgan fingerprint density at radius 1 is 1.32 bits per heavy atom. The van der Waals surface area contributed by atoms with E-state index < -0.39 is 38.6 Å². The Labute approximate surface area is 153 Å². The molecule has 3 aliphatic rings. The van der Waals surface area contributed by atoms with E-state index >= 15 is 0 Å². The zero-order valence-corrected chi connectivity index (χ0v) is 15.8. The van der Waals surface area contributed by atoms with Crippen LogP contribution in [0.2, 0.25) is 0 Å². The zero-order chi connectivity index (χ0) is 18.2. The van der Waals surface area contributed by atoms with Gasteiger partial charge in [0.1, 0.15) is 6.17 Å². The number of alkyl halides is 2. The SMILES string of the molecule is CN1CNC(C2CC(Cl)C(F)C(C(=O)NNS(=O)(=O)C3CCC3)C2)C1. The highest BCUT2D eigenvalue weighted by molar-refractivity contribution is 7.90. The first-order chi connectivity index (χ1) is 11.8. The number of carbonyl (C=O) groups excluding carboxylic acids is 1. The summed E-state index contributed by atoms with van der Waals surface area (Å²) in [7, 11) is -1.59. The first kappa shape index (κ1) is 19.3.